The first-order valence-corrected chi connectivity index (χ1v) is 12.6. The maximum atomic E-state index is 6.10. The molecule has 0 N–H and O–H groups in total. The van der Waals surface area contributed by atoms with Gasteiger partial charge in [0.2, 0.25) is 0 Å². The van der Waals surface area contributed by atoms with E-state index in [-0.39, 0.29) is 0 Å². The number of fused-ring (bicyclic) bond motifs is 1. The molecule has 0 unspecified atom stereocenters. The summed E-state index contributed by atoms with van der Waals surface area (Å²) < 4.78 is 8.50. The molecule has 4 aromatic rings. The molecule has 3 heterocycles. The second-order valence-electron chi connectivity index (χ2n) is 9.86. The fourth-order valence-corrected chi connectivity index (χ4v) is 5.58. The second kappa shape index (κ2) is 9.59. The molecule has 174 valence electrons. The number of hydrogen-bond donors (Lipinski definition) is 0. The van der Waals surface area contributed by atoms with Crippen LogP contribution in [0.2, 0.25) is 0 Å². The van der Waals surface area contributed by atoms with Crippen LogP contribution in [0.15, 0.2) is 73.3 Å². The van der Waals surface area contributed by atoms with Crippen molar-refractivity contribution >= 4 is 11.0 Å². The van der Waals surface area contributed by atoms with Gasteiger partial charge in [-0.1, -0.05) is 48.9 Å². The van der Waals surface area contributed by atoms with Gasteiger partial charge in [-0.25, -0.2) is 9.97 Å². The number of benzene rings is 2. The lowest BCUT2D eigenvalue weighted by atomic mass is 9.79. The Morgan fingerprint density at radius 1 is 0.941 bits per heavy atom. The Labute approximate surface area is 201 Å². The van der Waals surface area contributed by atoms with E-state index in [0.717, 1.165) is 28.3 Å². The second-order valence-corrected chi connectivity index (χ2v) is 9.86. The molecule has 5 nitrogen and oxygen atoms in total. The van der Waals surface area contributed by atoms with E-state index >= 15 is 0 Å². The topological polar surface area (TPSA) is 43.2 Å². The number of likely N-dealkylation sites (tertiary alicyclic amines) is 1. The van der Waals surface area contributed by atoms with Crippen LogP contribution in [0.3, 0.4) is 0 Å². The first kappa shape index (κ1) is 21.4. The van der Waals surface area contributed by atoms with Crippen LogP contribution in [0.25, 0.3) is 22.2 Å². The van der Waals surface area contributed by atoms with E-state index in [2.05, 4.69) is 56.0 Å². The van der Waals surface area contributed by atoms with Gasteiger partial charge in [-0.15, -0.1) is 0 Å². The van der Waals surface area contributed by atoms with Crippen LogP contribution in [0.4, 0.5) is 0 Å². The van der Waals surface area contributed by atoms with E-state index in [1.54, 1.807) is 6.33 Å². The van der Waals surface area contributed by atoms with E-state index < -0.39 is 0 Å². The Kier molecular flexibility index (Phi) is 6.02. The smallest absolute Gasteiger partial charge is 0.144 e. The van der Waals surface area contributed by atoms with Crippen molar-refractivity contribution in [1.29, 1.82) is 0 Å². The molecule has 1 aliphatic carbocycles. The molecule has 6 rings (SSSR count). The summed E-state index contributed by atoms with van der Waals surface area (Å²) in [6.07, 6.45) is 12.5. The van der Waals surface area contributed by atoms with Gasteiger partial charge in [0.25, 0.3) is 0 Å². The minimum atomic E-state index is 0.526. The third-order valence-electron chi connectivity index (χ3n) is 7.46. The normalized spacial score (nSPS) is 20.8. The van der Waals surface area contributed by atoms with Crippen LogP contribution in [0.1, 0.15) is 43.7 Å². The molecule has 0 atom stereocenters. The number of hydrogen-bond acceptors (Lipinski definition) is 4. The number of aromatic nitrogens is 3. The highest BCUT2D eigenvalue weighted by molar-refractivity contribution is 5.93. The first-order chi connectivity index (χ1) is 16.8. The lowest BCUT2D eigenvalue weighted by Crippen LogP contribution is -2.39. The lowest BCUT2D eigenvalue weighted by Gasteiger charge is -2.40. The summed E-state index contributed by atoms with van der Waals surface area (Å²) in [4.78, 5) is 11.7. The van der Waals surface area contributed by atoms with Crippen LogP contribution in [-0.4, -0.2) is 39.1 Å². The Hall–Kier alpha value is -3.18. The summed E-state index contributed by atoms with van der Waals surface area (Å²) in [6.45, 7) is 4.40. The number of nitrogens with zero attached hydrogens (tertiary/aromatic N) is 4. The van der Waals surface area contributed by atoms with Gasteiger partial charge in [0.05, 0.1) is 0 Å². The van der Waals surface area contributed by atoms with Gasteiger partial charge in [-0.2, -0.15) is 0 Å². The zero-order valence-electron chi connectivity index (χ0n) is 19.6. The minimum absolute atomic E-state index is 0.526. The average molecular weight is 453 g/mol. The van der Waals surface area contributed by atoms with E-state index in [4.69, 9.17) is 4.74 Å². The predicted molar refractivity (Wildman–Crippen MR) is 136 cm³/mol. The highest BCUT2D eigenvalue weighted by Crippen LogP contribution is 2.42. The van der Waals surface area contributed by atoms with Crippen molar-refractivity contribution in [2.45, 2.75) is 44.8 Å². The molecular formula is C29H32N4O. The summed E-state index contributed by atoms with van der Waals surface area (Å²) in [5.41, 5.74) is 4.54. The van der Waals surface area contributed by atoms with Crippen LogP contribution in [0, 0.1) is 5.92 Å². The molecule has 0 amide bonds. The van der Waals surface area contributed by atoms with Crippen molar-refractivity contribution in [3.05, 3.63) is 78.9 Å². The lowest BCUT2D eigenvalue weighted by molar-refractivity contribution is 0.117. The van der Waals surface area contributed by atoms with Crippen molar-refractivity contribution in [2.24, 2.45) is 5.92 Å². The molecular weight excluding hydrogens is 420 g/mol. The minimum Gasteiger partial charge on any atom is -0.489 e. The highest BCUT2D eigenvalue weighted by Gasteiger charge is 2.33. The molecule has 1 saturated carbocycles. The maximum Gasteiger partial charge on any atom is 0.144 e. The van der Waals surface area contributed by atoms with Gasteiger partial charge in [0.1, 0.15) is 24.3 Å². The van der Waals surface area contributed by atoms with Crippen LogP contribution in [-0.2, 0) is 6.61 Å². The van der Waals surface area contributed by atoms with Gasteiger partial charge in [0, 0.05) is 35.9 Å². The molecule has 1 saturated heterocycles. The molecule has 2 aliphatic rings. The van der Waals surface area contributed by atoms with Crippen LogP contribution < -0.4 is 4.74 Å². The zero-order chi connectivity index (χ0) is 22.7. The monoisotopic (exact) mass is 452 g/mol. The summed E-state index contributed by atoms with van der Waals surface area (Å²) in [7, 11) is 0. The number of piperidine rings is 1. The summed E-state index contributed by atoms with van der Waals surface area (Å²) in [6, 6.07) is 19.2. The van der Waals surface area contributed by atoms with Gasteiger partial charge in [-0.05, 0) is 68.0 Å². The number of rotatable bonds is 7. The summed E-state index contributed by atoms with van der Waals surface area (Å²) in [5.74, 6) is 1.69. The van der Waals surface area contributed by atoms with Crippen molar-refractivity contribution < 1.29 is 4.74 Å². The molecule has 2 aromatic heterocycles. The van der Waals surface area contributed by atoms with Crippen molar-refractivity contribution in [2.75, 3.05) is 19.6 Å². The van der Waals surface area contributed by atoms with Crippen molar-refractivity contribution in [3.63, 3.8) is 0 Å². The maximum absolute atomic E-state index is 6.10. The van der Waals surface area contributed by atoms with E-state index in [1.165, 1.54) is 62.9 Å². The molecule has 2 fully saturated rings. The van der Waals surface area contributed by atoms with E-state index in [1.807, 2.05) is 30.5 Å². The third-order valence-corrected chi connectivity index (χ3v) is 7.46. The third kappa shape index (κ3) is 4.45. The quantitative estimate of drug-likeness (QED) is 0.339. The van der Waals surface area contributed by atoms with Gasteiger partial charge in [-0.3, -0.25) is 0 Å². The Balaban J connectivity index is 1.20. The average Bonchev–Trinajstić information content (AvgIpc) is 3.25. The Bertz CT molecular complexity index is 1240. The highest BCUT2D eigenvalue weighted by atomic mass is 16.5. The molecule has 0 bridgehead atoms. The fraction of sp³-hybridized carbons (Fsp3) is 0.379. The van der Waals surface area contributed by atoms with Gasteiger partial charge in [0.15, 0.2) is 0 Å². The molecule has 5 heteroatoms. The SMILES string of the molecule is c1ccc(COc2cccc(-c3cn([C@H]4C[C@H](CN5CCCCC5)C4)c4ncncc34)c2)cc1. The van der Waals surface area contributed by atoms with Gasteiger partial charge < -0.3 is 14.2 Å². The van der Waals surface area contributed by atoms with Crippen molar-refractivity contribution in [3.8, 4) is 16.9 Å². The first-order valence-electron chi connectivity index (χ1n) is 12.6. The van der Waals surface area contributed by atoms with Crippen LogP contribution in [0.5, 0.6) is 5.75 Å². The summed E-state index contributed by atoms with van der Waals surface area (Å²) >= 11 is 0. The zero-order valence-corrected chi connectivity index (χ0v) is 19.6. The van der Waals surface area contributed by atoms with E-state index in [9.17, 15) is 0 Å². The predicted octanol–water partition coefficient (Wildman–Crippen LogP) is 6.11. The molecule has 2 aromatic carbocycles. The fourth-order valence-electron chi connectivity index (χ4n) is 5.58. The standard InChI is InChI=1S/C29H32N4O/c1-3-8-22(9-4-1)20-34-26-11-7-10-24(16-26)28-19-33(29-27(28)17-30-21-31-29)25-14-23(15-25)18-32-12-5-2-6-13-32/h1,3-4,7-11,16-17,19,21,23,25H,2,5-6,12-15,18,20H2/t23-,25-. The Morgan fingerprint density at radius 2 is 1.79 bits per heavy atom. The van der Waals surface area contributed by atoms with Crippen LogP contribution >= 0.6 is 0 Å². The van der Waals surface area contributed by atoms with Gasteiger partial charge >= 0.3 is 0 Å². The largest absolute Gasteiger partial charge is 0.489 e. The summed E-state index contributed by atoms with van der Waals surface area (Å²) in [5, 5.41) is 1.11. The Morgan fingerprint density at radius 3 is 2.65 bits per heavy atom. The molecule has 1 aliphatic heterocycles. The molecule has 34 heavy (non-hydrogen) atoms. The molecule has 0 radical (unpaired) electrons. The van der Waals surface area contributed by atoms with Crippen molar-refractivity contribution in [1.82, 2.24) is 19.4 Å². The molecule has 0 spiro atoms. The number of ether oxygens (including phenoxy) is 1. The van der Waals surface area contributed by atoms with E-state index in [0.29, 0.717) is 12.6 Å².